The fourth-order valence-corrected chi connectivity index (χ4v) is 6.90. The molecule has 0 aromatic rings. The zero-order valence-corrected chi connectivity index (χ0v) is 14.8. The van der Waals surface area contributed by atoms with Crippen LogP contribution in [0, 0.1) is 16.7 Å². The molecule has 0 aromatic carbocycles. The average Bonchev–Trinajstić information content (AvgIpc) is 2.33. The van der Waals surface area contributed by atoms with Crippen molar-refractivity contribution in [2.75, 3.05) is 6.54 Å². The molecule has 0 amide bonds. The van der Waals surface area contributed by atoms with E-state index in [1.807, 2.05) is 0 Å². The number of nitrogens with one attached hydrogen (secondary N) is 1. The summed E-state index contributed by atoms with van der Waals surface area (Å²) < 4.78 is 0. The summed E-state index contributed by atoms with van der Waals surface area (Å²) in [7, 11) is 0. The number of hydrogen-bond acceptors (Lipinski definition) is 1. The lowest BCUT2D eigenvalue weighted by atomic mass is 9.43. The van der Waals surface area contributed by atoms with Gasteiger partial charge in [-0.3, -0.25) is 0 Å². The van der Waals surface area contributed by atoms with E-state index in [-0.39, 0.29) is 0 Å². The minimum atomic E-state index is 0.520. The molecule has 4 bridgehead atoms. The van der Waals surface area contributed by atoms with Crippen LogP contribution in [0.2, 0.25) is 0 Å². The van der Waals surface area contributed by atoms with Gasteiger partial charge in [0.1, 0.15) is 0 Å². The Morgan fingerprint density at radius 2 is 1.43 bits per heavy atom. The van der Waals surface area contributed by atoms with Crippen LogP contribution in [0.4, 0.5) is 0 Å². The third-order valence-electron chi connectivity index (χ3n) is 6.66. The summed E-state index contributed by atoms with van der Waals surface area (Å²) in [5, 5.41) is 4.07. The second-order valence-electron chi connectivity index (χ2n) is 9.60. The summed E-state index contributed by atoms with van der Waals surface area (Å²) in [4.78, 5) is 0. The van der Waals surface area contributed by atoms with Crippen LogP contribution in [0.5, 0.6) is 0 Å². The normalized spacial score (nSPS) is 44.4. The first kappa shape index (κ1) is 15.8. The molecule has 2 unspecified atom stereocenters. The molecule has 4 aliphatic rings. The molecular formula is C20H37N. The second-order valence-corrected chi connectivity index (χ2v) is 9.60. The summed E-state index contributed by atoms with van der Waals surface area (Å²) in [5.74, 6) is 1.02. The van der Waals surface area contributed by atoms with Crippen LogP contribution < -0.4 is 5.32 Å². The SMILES string of the molecule is CCCCCCCCNC12CC3CC(C)(CC(C)(C3)C1)C2. The van der Waals surface area contributed by atoms with Crippen molar-refractivity contribution in [3.63, 3.8) is 0 Å². The average molecular weight is 292 g/mol. The van der Waals surface area contributed by atoms with Gasteiger partial charge in [0.15, 0.2) is 0 Å². The van der Waals surface area contributed by atoms with Crippen LogP contribution >= 0.6 is 0 Å². The molecule has 4 saturated carbocycles. The molecule has 1 nitrogen and oxygen atoms in total. The van der Waals surface area contributed by atoms with E-state index in [0.29, 0.717) is 16.4 Å². The van der Waals surface area contributed by atoms with E-state index in [9.17, 15) is 0 Å². The van der Waals surface area contributed by atoms with Crippen LogP contribution in [0.15, 0.2) is 0 Å². The summed E-state index contributed by atoms with van der Waals surface area (Å²) in [6.07, 6.45) is 17.4. The zero-order valence-electron chi connectivity index (χ0n) is 14.8. The maximum atomic E-state index is 4.07. The Hall–Kier alpha value is -0.0400. The van der Waals surface area contributed by atoms with Crippen molar-refractivity contribution in [1.82, 2.24) is 5.32 Å². The Morgan fingerprint density at radius 1 is 0.810 bits per heavy atom. The Morgan fingerprint density at radius 3 is 2.05 bits per heavy atom. The molecule has 1 heteroatoms. The third-order valence-corrected chi connectivity index (χ3v) is 6.66. The monoisotopic (exact) mass is 291 g/mol. The molecule has 0 radical (unpaired) electrons. The van der Waals surface area contributed by atoms with Crippen molar-refractivity contribution in [2.24, 2.45) is 16.7 Å². The lowest BCUT2D eigenvalue weighted by Gasteiger charge is -2.65. The van der Waals surface area contributed by atoms with Gasteiger partial charge in [-0.25, -0.2) is 0 Å². The molecule has 21 heavy (non-hydrogen) atoms. The lowest BCUT2D eigenvalue weighted by molar-refractivity contribution is -0.117. The molecule has 2 atom stereocenters. The van der Waals surface area contributed by atoms with E-state index in [0.717, 1.165) is 5.92 Å². The predicted molar refractivity (Wildman–Crippen MR) is 91.5 cm³/mol. The molecular weight excluding hydrogens is 254 g/mol. The summed E-state index contributed by atoms with van der Waals surface area (Å²) >= 11 is 0. The van der Waals surface area contributed by atoms with Crippen molar-refractivity contribution in [1.29, 1.82) is 0 Å². The van der Waals surface area contributed by atoms with Gasteiger partial charge in [0.05, 0.1) is 0 Å². The number of hydrogen-bond donors (Lipinski definition) is 1. The van der Waals surface area contributed by atoms with Crippen LogP contribution in [-0.2, 0) is 0 Å². The zero-order chi connectivity index (χ0) is 15.0. The first-order chi connectivity index (χ1) is 9.97. The molecule has 0 aliphatic heterocycles. The molecule has 0 aromatic heterocycles. The molecule has 4 aliphatic carbocycles. The standard InChI is InChI=1S/C20H37N/c1-4-5-6-7-8-9-10-21-20-13-17-11-18(2,15-20)14-19(3,12-17)16-20/h17,21H,4-16H2,1-3H3. The smallest absolute Gasteiger partial charge is 0.0194 e. The van der Waals surface area contributed by atoms with Crippen molar-refractivity contribution in [3.05, 3.63) is 0 Å². The first-order valence-electron chi connectivity index (χ1n) is 9.72. The quantitative estimate of drug-likeness (QED) is 0.567. The Kier molecular flexibility index (Phi) is 4.43. The van der Waals surface area contributed by atoms with Gasteiger partial charge < -0.3 is 5.32 Å². The van der Waals surface area contributed by atoms with Gasteiger partial charge in [-0.1, -0.05) is 52.9 Å². The molecule has 1 N–H and O–H groups in total. The fourth-order valence-electron chi connectivity index (χ4n) is 6.90. The van der Waals surface area contributed by atoms with Gasteiger partial charge in [0, 0.05) is 5.54 Å². The molecule has 0 heterocycles. The highest BCUT2D eigenvalue weighted by Crippen LogP contribution is 2.66. The minimum Gasteiger partial charge on any atom is -0.311 e. The molecule has 4 rings (SSSR count). The Labute approximate surface area is 132 Å². The first-order valence-corrected chi connectivity index (χ1v) is 9.72. The maximum absolute atomic E-state index is 4.07. The number of unbranched alkanes of at least 4 members (excludes halogenated alkanes) is 5. The van der Waals surface area contributed by atoms with Gasteiger partial charge in [0.25, 0.3) is 0 Å². The molecule has 0 saturated heterocycles. The van der Waals surface area contributed by atoms with Crippen LogP contribution in [-0.4, -0.2) is 12.1 Å². The van der Waals surface area contributed by atoms with Crippen LogP contribution in [0.25, 0.3) is 0 Å². The lowest BCUT2D eigenvalue weighted by Crippen LogP contribution is -2.64. The van der Waals surface area contributed by atoms with E-state index < -0.39 is 0 Å². The highest BCUT2D eigenvalue weighted by Gasteiger charge is 2.59. The van der Waals surface area contributed by atoms with E-state index >= 15 is 0 Å². The van der Waals surface area contributed by atoms with E-state index in [1.54, 1.807) is 0 Å². The van der Waals surface area contributed by atoms with Gasteiger partial charge in [-0.05, 0) is 68.2 Å². The minimum absolute atomic E-state index is 0.520. The Bertz CT molecular complexity index is 343. The Balaban J connectivity index is 1.47. The van der Waals surface area contributed by atoms with Gasteiger partial charge in [0.2, 0.25) is 0 Å². The van der Waals surface area contributed by atoms with Crippen molar-refractivity contribution >= 4 is 0 Å². The summed E-state index contributed by atoms with van der Waals surface area (Å²) in [6, 6.07) is 0. The van der Waals surface area contributed by atoms with Crippen LogP contribution in [0.1, 0.15) is 97.8 Å². The van der Waals surface area contributed by atoms with Crippen molar-refractivity contribution < 1.29 is 0 Å². The molecule has 0 spiro atoms. The van der Waals surface area contributed by atoms with Crippen molar-refractivity contribution in [3.8, 4) is 0 Å². The van der Waals surface area contributed by atoms with E-state index in [4.69, 9.17) is 0 Å². The topological polar surface area (TPSA) is 12.0 Å². The molecule has 122 valence electrons. The highest BCUT2D eigenvalue weighted by atomic mass is 15.0. The van der Waals surface area contributed by atoms with Crippen LogP contribution in [0.3, 0.4) is 0 Å². The van der Waals surface area contributed by atoms with E-state index in [2.05, 4.69) is 26.1 Å². The molecule has 4 fully saturated rings. The fraction of sp³-hybridized carbons (Fsp3) is 1.00. The highest BCUT2D eigenvalue weighted by molar-refractivity contribution is 5.14. The summed E-state index contributed by atoms with van der Waals surface area (Å²) in [5.41, 5.74) is 1.83. The third kappa shape index (κ3) is 3.49. The van der Waals surface area contributed by atoms with Gasteiger partial charge in [-0.2, -0.15) is 0 Å². The van der Waals surface area contributed by atoms with Gasteiger partial charge >= 0.3 is 0 Å². The van der Waals surface area contributed by atoms with Crippen molar-refractivity contribution in [2.45, 2.75) is 103 Å². The van der Waals surface area contributed by atoms with Gasteiger partial charge in [-0.15, -0.1) is 0 Å². The predicted octanol–water partition coefficient (Wildman–Crippen LogP) is 5.69. The second kappa shape index (κ2) is 5.87. The largest absolute Gasteiger partial charge is 0.311 e. The van der Waals surface area contributed by atoms with E-state index in [1.165, 1.54) is 83.6 Å². The number of rotatable bonds is 8. The maximum Gasteiger partial charge on any atom is 0.0194 e. The summed E-state index contributed by atoms with van der Waals surface area (Å²) in [6.45, 7) is 8.73.